The van der Waals surface area contributed by atoms with Gasteiger partial charge in [-0.3, -0.25) is 0 Å². The third-order valence-electron chi connectivity index (χ3n) is 3.76. The molecule has 0 saturated carbocycles. The highest BCUT2D eigenvalue weighted by Gasteiger charge is 2.11. The van der Waals surface area contributed by atoms with Gasteiger partial charge in [-0.25, -0.2) is 9.78 Å². The van der Waals surface area contributed by atoms with Gasteiger partial charge >= 0.3 is 5.97 Å². The largest absolute Gasteiger partial charge is 0.503 e. The zero-order valence-electron chi connectivity index (χ0n) is 13.9. The van der Waals surface area contributed by atoms with Crippen molar-refractivity contribution in [1.82, 2.24) is 4.98 Å². The van der Waals surface area contributed by atoms with Crippen LogP contribution in [0.1, 0.15) is 28.5 Å². The molecule has 3 rings (SSSR count). The minimum Gasteiger partial charge on any atom is -0.503 e. The molecule has 0 saturated heterocycles. The van der Waals surface area contributed by atoms with Crippen molar-refractivity contribution in [2.75, 3.05) is 6.61 Å². The number of aromatic nitrogens is 1. The second-order valence-corrected chi connectivity index (χ2v) is 5.94. The van der Waals surface area contributed by atoms with E-state index in [1.54, 1.807) is 42.5 Å². The average molecular weight is 370 g/mol. The molecule has 0 fully saturated rings. The number of carboxylic acid groups (broad SMARTS) is 1. The number of carbonyl (C=O) groups is 1. The maximum absolute atomic E-state index is 11.5. The highest BCUT2D eigenvalue weighted by atomic mass is 35.5. The Hall–Kier alpha value is -3.05. The van der Waals surface area contributed by atoms with Crippen LogP contribution in [-0.4, -0.2) is 27.8 Å². The number of para-hydroxylation sites is 1. The van der Waals surface area contributed by atoms with Gasteiger partial charge in [-0.2, -0.15) is 0 Å². The Kier molecular flexibility index (Phi) is 5.09. The molecular weight excluding hydrogens is 354 g/mol. The van der Waals surface area contributed by atoms with Crippen LogP contribution in [0.15, 0.2) is 42.5 Å². The molecule has 0 spiro atoms. The first-order valence-corrected chi connectivity index (χ1v) is 8.34. The first-order chi connectivity index (χ1) is 12.5. The molecule has 0 aliphatic rings. The number of carboxylic acids is 1. The van der Waals surface area contributed by atoms with Gasteiger partial charge in [0.2, 0.25) is 0 Å². The number of aromatic hydroxyl groups is 1. The van der Waals surface area contributed by atoms with Crippen molar-refractivity contribution in [1.29, 1.82) is 0 Å². The molecule has 0 amide bonds. The average Bonchev–Trinajstić information content (AvgIpc) is 2.63. The van der Waals surface area contributed by atoms with Crippen LogP contribution in [0.4, 0.5) is 0 Å². The summed E-state index contributed by atoms with van der Waals surface area (Å²) in [6.45, 7) is 2.20. The Morgan fingerprint density at radius 3 is 2.73 bits per heavy atom. The van der Waals surface area contributed by atoms with Gasteiger partial charge in [-0.15, -0.1) is 0 Å². The van der Waals surface area contributed by atoms with E-state index in [4.69, 9.17) is 16.3 Å². The molecule has 1 heterocycles. The second kappa shape index (κ2) is 7.45. The van der Waals surface area contributed by atoms with E-state index >= 15 is 0 Å². The highest BCUT2D eigenvalue weighted by molar-refractivity contribution is 6.32. The summed E-state index contributed by atoms with van der Waals surface area (Å²) >= 11 is 6.02. The summed E-state index contributed by atoms with van der Waals surface area (Å²) in [5.74, 6) is -0.829. The lowest BCUT2D eigenvalue weighted by molar-refractivity contribution is 0.0699. The number of phenolic OH excluding ortho intramolecular Hbond substituents is 1. The minimum absolute atomic E-state index is 0.109. The fourth-order valence-corrected chi connectivity index (χ4v) is 2.81. The zero-order chi connectivity index (χ0) is 18.7. The second-order valence-electron chi connectivity index (χ2n) is 5.53. The third-order valence-corrected chi connectivity index (χ3v) is 4.05. The van der Waals surface area contributed by atoms with E-state index in [0.29, 0.717) is 28.8 Å². The highest BCUT2D eigenvalue weighted by Crippen LogP contribution is 2.35. The maximum atomic E-state index is 11.5. The number of nitrogens with zero attached hydrogens (tertiary/aromatic N) is 1. The summed E-state index contributed by atoms with van der Waals surface area (Å²) in [5.41, 5.74) is 1.99. The summed E-state index contributed by atoms with van der Waals surface area (Å²) in [7, 11) is 0. The van der Waals surface area contributed by atoms with Crippen LogP contribution in [0.5, 0.6) is 11.5 Å². The van der Waals surface area contributed by atoms with Crippen LogP contribution in [-0.2, 0) is 0 Å². The molecule has 1 aromatic heterocycles. The number of rotatable bonds is 5. The maximum Gasteiger partial charge on any atom is 0.336 e. The van der Waals surface area contributed by atoms with E-state index < -0.39 is 5.97 Å². The fourth-order valence-electron chi connectivity index (χ4n) is 2.60. The van der Waals surface area contributed by atoms with Crippen LogP contribution in [0.2, 0.25) is 5.02 Å². The Labute approximate surface area is 155 Å². The smallest absolute Gasteiger partial charge is 0.336 e. The molecular formula is C20H16ClNO4. The zero-order valence-corrected chi connectivity index (χ0v) is 14.7. The van der Waals surface area contributed by atoms with Crippen LogP contribution in [0.3, 0.4) is 0 Å². The van der Waals surface area contributed by atoms with Crippen molar-refractivity contribution in [2.24, 2.45) is 0 Å². The van der Waals surface area contributed by atoms with Gasteiger partial charge in [0, 0.05) is 5.39 Å². The number of aromatic carboxylic acids is 1. The van der Waals surface area contributed by atoms with Crippen molar-refractivity contribution in [3.63, 3.8) is 0 Å². The third kappa shape index (κ3) is 3.63. The molecule has 2 aromatic carbocycles. The topological polar surface area (TPSA) is 79.7 Å². The van der Waals surface area contributed by atoms with E-state index in [2.05, 4.69) is 4.98 Å². The van der Waals surface area contributed by atoms with E-state index in [9.17, 15) is 15.0 Å². The summed E-state index contributed by atoms with van der Waals surface area (Å²) in [6, 6.07) is 11.8. The quantitative estimate of drug-likeness (QED) is 0.671. The molecule has 132 valence electrons. The molecule has 0 atom stereocenters. The van der Waals surface area contributed by atoms with Gasteiger partial charge in [0.05, 0.1) is 28.4 Å². The first kappa shape index (κ1) is 17.8. The molecule has 0 bridgehead atoms. The minimum atomic E-state index is -1.01. The Balaban J connectivity index is 2.02. The number of pyridine rings is 1. The van der Waals surface area contributed by atoms with Crippen molar-refractivity contribution >= 4 is 40.6 Å². The van der Waals surface area contributed by atoms with E-state index in [1.807, 2.05) is 13.0 Å². The lowest BCUT2D eigenvalue weighted by Crippen LogP contribution is -2.00. The lowest BCUT2D eigenvalue weighted by atomic mass is 10.1. The predicted molar refractivity (Wildman–Crippen MR) is 102 cm³/mol. The number of phenols is 1. The fraction of sp³-hybridized carbons (Fsp3) is 0.100. The van der Waals surface area contributed by atoms with Crippen molar-refractivity contribution < 1.29 is 19.7 Å². The van der Waals surface area contributed by atoms with Gasteiger partial charge in [-0.05, 0) is 42.8 Å². The molecule has 0 aliphatic heterocycles. The van der Waals surface area contributed by atoms with Crippen LogP contribution in [0.25, 0.3) is 23.1 Å². The van der Waals surface area contributed by atoms with Gasteiger partial charge in [0.1, 0.15) is 0 Å². The van der Waals surface area contributed by atoms with E-state index in [-0.39, 0.29) is 22.1 Å². The summed E-state index contributed by atoms with van der Waals surface area (Å²) < 4.78 is 5.36. The van der Waals surface area contributed by atoms with Gasteiger partial charge < -0.3 is 14.9 Å². The molecule has 2 N–H and O–H groups in total. The number of halogens is 1. The summed E-state index contributed by atoms with van der Waals surface area (Å²) in [5, 5.41) is 20.1. The predicted octanol–water partition coefficient (Wildman–Crippen LogP) is 4.86. The van der Waals surface area contributed by atoms with Crippen molar-refractivity contribution in [3.05, 3.63) is 64.3 Å². The Morgan fingerprint density at radius 2 is 2.00 bits per heavy atom. The molecule has 0 unspecified atom stereocenters. The number of hydrogen-bond donors (Lipinski definition) is 2. The summed E-state index contributed by atoms with van der Waals surface area (Å²) in [4.78, 5) is 16.0. The van der Waals surface area contributed by atoms with E-state index in [0.717, 1.165) is 0 Å². The van der Waals surface area contributed by atoms with Gasteiger partial charge in [0.15, 0.2) is 11.5 Å². The van der Waals surface area contributed by atoms with Crippen LogP contribution < -0.4 is 4.74 Å². The van der Waals surface area contributed by atoms with Crippen molar-refractivity contribution in [3.8, 4) is 11.5 Å². The van der Waals surface area contributed by atoms with Gasteiger partial charge in [0.25, 0.3) is 0 Å². The molecule has 5 nitrogen and oxygen atoms in total. The molecule has 26 heavy (non-hydrogen) atoms. The molecule has 0 aliphatic carbocycles. The lowest BCUT2D eigenvalue weighted by Gasteiger charge is -2.08. The van der Waals surface area contributed by atoms with Crippen LogP contribution in [0, 0.1) is 0 Å². The number of hydrogen-bond acceptors (Lipinski definition) is 4. The monoisotopic (exact) mass is 369 g/mol. The number of fused-ring (bicyclic) bond motifs is 1. The number of benzene rings is 2. The van der Waals surface area contributed by atoms with Gasteiger partial charge in [-0.1, -0.05) is 35.9 Å². The SMILES string of the molecule is CCOc1cc(C=Cc2cc(C(=O)O)c3ccccc3n2)cc(Cl)c1O. The van der Waals surface area contributed by atoms with Crippen LogP contribution >= 0.6 is 11.6 Å². The molecule has 6 heteroatoms. The van der Waals surface area contributed by atoms with Crippen molar-refractivity contribution in [2.45, 2.75) is 6.92 Å². The van der Waals surface area contributed by atoms with E-state index in [1.165, 1.54) is 6.07 Å². The number of ether oxygens (including phenoxy) is 1. The standard InChI is InChI=1S/C20H16ClNO4/c1-2-26-18-10-12(9-16(21)19(18)23)7-8-13-11-15(20(24)25)14-5-3-4-6-17(14)22-13/h3-11,23H,2H2,1H3,(H,24,25). The normalized spacial score (nSPS) is 11.2. The summed E-state index contributed by atoms with van der Waals surface area (Å²) in [6.07, 6.45) is 3.42. The first-order valence-electron chi connectivity index (χ1n) is 7.96. The Bertz CT molecular complexity index is 1010. The molecule has 0 radical (unpaired) electrons. The Morgan fingerprint density at radius 1 is 1.23 bits per heavy atom. The molecule has 3 aromatic rings.